The van der Waals surface area contributed by atoms with E-state index in [1.165, 1.54) is 11.0 Å². The van der Waals surface area contributed by atoms with Crippen molar-refractivity contribution in [3.05, 3.63) is 104 Å². The Kier molecular flexibility index (Phi) is 8.15. The molecule has 1 fully saturated rings. The van der Waals surface area contributed by atoms with E-state index < -0.39 is 11.8 Å². The van der Waals surface area contributed by atoms with Gasteiger partial charge in [0.2, 0.25) is 0 Å². The number of benzene rings is 4. The lowest BCUT2D eigenvalue weighted by molar-refractivity contribution is -0.122. The molecule has 0 aliphatic carbocycles. The van der Waals surface area contributed by atoms with Gasteiger partial charge in [0.25, 0.3) is 11.8 Å². The van der Waals surface area contributed by atoms with Crippen LogP contribution in [0.5, 0.6) is 11.5 Å². The summed E-state index contributed by atoms with van der Waals surface area (Å²) in [4.78, 5) is 27.4. The average molecular weight is 669 g/mol. The number of hydrogen-bond donors (Lipinski definition) is 1. The van der Waals surface area contributed by atoms with Crippen molar-refractivity contribution in [2.24, 2.45) is 0 Å². The van der Waals surface area contributed by atoms with Crippen LogP contribution < -0.4 is 19.7 Å². The standard InChI is InChI=1S/C30H22ClIN2O4S/c1-2-37-26-15-18(13-24-28(35)33-30(39)34(29(24)36)22-11-6-10-21(31)16-22)14-25(32)27(26)38-17-20-9-5-8-19-7-3-4-12-23(19)20/h3-16H,2,17H2,1H3,(H,33,35,39)/b24-13+. The maximum Gasteiger partial charge on any atom is 0.270 e. The summed E-state index contributed by atoms with van der Waals surface area (Å²) in [6.45, 7) is 2.65. The lowest BCUT2D eigenvalue weighted by Crippen LogP contribution is -2.54. The summed E-state index contributed by atoms with van der Waals surface area (Å²) in [5.74, 6) is -0.0149. The Morgan fingerprint density at radius 3 is 2.56 bits per heavy atom. The van der Waals surface area contributed by atoms with Gasteiger partial charge in [0.1, 0.15) is 12.2 Å². The Balaban J connectivity index is 1.47. The molecular formula is C30H22ClIN2O4S. The Morgan fingerprint density at radius 1 is 1.00 bits per heavy atom. The van der Waals surface area contributed by atoms with Crippen LogP contribution in [-0.2, 0) is 16.2 Å². The first-order chi connectivity index (χ1) is 18.9. The monoisotopic (exact) mass is 668 g/mol. The number of hydrogen-bond acceptors (Lipinski definition) is 5. The average Bonchev–Trinajstić information content (AvgIpc) is 2.91. The molecule has 5 rings (SSSR count). The van der Waals surface area contributed by atoms with Crippen LogP contribution in [0.15, 0.2) is 84.4 Å². The van der Waals surface area contributed by atoms with Crippen LogP contribution in [0, 0.1) is 3.57 Å². The van der Waals surface area contributed by atoms with Crippen molar-refractivity contribution in [2.45, 2.75) is 13.5 Å². The van der Waals surface area contributed by atoms with E-state index in [0.29, 0.717) is 41.0 Å². The number of fused-ring (bicyclic) bond motifs is 1. The molecule has 1 heterocycles. The molecule has 0 unspecified atom stereocenters. The first-order valence-corrected chi connectivity index (χ1v) is 13.9. The highest BCUT2D eigenvalue weighted by Gasteiger charge is 2.34. The fraction of sp³-hybridized carbons (Fsp3) is 0.100. The molecule has 0 radical (unpaired) electrons. The Morgan fingerprint density at radius 2 is 1.77 bits per heavy atom. The zero-order chi connectivity index (χ0) is 27.5. The molecule has 1 N–H and O–H groups in total. The van der Waals surface area contributed by atoms with Crippen LogP contribution in [0.3, 0.4) is 0 Å². The zero-order valence-electron chi connectivity index (χ0n) is 20.7. The van der Waals surface area contributed by atoms with Crippen LogP contribution in [0.4, 0.5) is 5.69 Å². The van der Waals surface area contributed by atoms with E-state index in [-0.39, 0.29) is 10.7 Å². The molecule has 2 amide bonds. The summed E-state index contributed by atoms with van der Waals surface area (Å²) in [5, 5.41) is 5.30. The first-order valence-electron chi connectivity index (χ1n) is 12.1. The van der Waals surface area contributed by atoms with Crippen molar-refractivity contribution >= 4 is 85.9 Å². The molecular weight excluding hydrogens is 647 g/mol. The van der Waals surface area contributed by atoms with Gasteiger partial charge in [-0.25, -0.2) is 0 Å². The third-order valence-corrected chi connectivity index (χ3v) is 7.38. The van der Waals surface area contributed by atoms with Gasteiger partial charge in [0.05, 0.1) is 15.9 Å². The van der Waals surface area contributed by atoms with Gasteiger partial charge in [-0.15, -0.1) is 0 Å². The second-order valence-corrected chi connectivity index (χ2v) is 10.6. The molecule has 196 valence electrons. The van der Waals surface area contributed by atoms with Gasteiger partial charge in [-0.1, -0.05) is 60.1 Å². The number of amides is 2. The quantitative estimate of drug-likeness (QED) is 0.100. The molecule has 4 aromatic carbocycles. The largest absolute Gasteiger partial charge is 0.490 e. The minimum absolute atomic E-state index is 0.00816. The third-order valence-electron chi connectivity index (χ3n) is 6.06. The van der Waals surface area contributed by atoms with E-state index in [1.54, 1.807) is 30.3 Å². The van der Waals surface area contributed by atoms with Crippen LogP contribution in [0.1, 0.15) is 18.1 Å². The highest BCUT2D eigenvalue weighted by atomic mass is 127. The number of anilines is 1. The van der Waals surface area contributed by atoms with Crippen LogP contribution >= 0.6 is 46.4 Å². The summed E-state index contributed by atoms with van der Waals surface area (Å²) in [5.41, 5.74) is 2.06. The highest BCUT2D eigenvalue weighted by Crippen LogP contribution is 2.36. The second kappa shape index (κ2) is 11.7. The summed E-state index contributed by atoms with van der Waals surface area (Å²) >= 11 is 13.6. The Bertz CT molecular complexity index is 1650. The van der Waals surface area contributed by atoms with Crippen molar-refractivity contribution in [2.75, 3.05) is 11.5 Å². The van der Waals surface area contributed by atoms with E-state index in [0.717, 1.165) is 19.9 Å². The van der Waals surface area contributed by atoms with Crippen molar-refractivity contribution in [3.63, 3.8) is 0 Å². The molecule has 39 heavy (non-hydrogen) atoms. The topological polar surface area (TPSA) is 67.9 Å². The number of carbonyl (C=O) groups is 2. The van der Waals surface area contributed by atoms with Gasteiger partial charge in [-0.2, -0.15) is 0 Å². The number of rotatable bonds is 7. The van der Waals surface area contributed by atoms with Crippen LogP contribution in [-0.4, -0.2) is 23.5 Å². The molecule has 9 heteroatoms. The fourth-order valence-electron chi connectivity index (χ4n) is 4.32. The van der Waals surface area contributed by atoms with E-state index in [1.807, 2.05) is 37.3 Å². The van der Waals surface area contributed by atoms with Crippen molar-refractivity contribution < 1.29 is 19.1 Å². The van der Waals surface area contributed by atoms with Gasteiger partial charge >= 0.3 is 0 Å². The lowest BCUT2D eigenvalue weighted by Gasteiger charge is -2.29. The SMILES string of the molecule is CCOc1cc(/C=C2\C(=O)NC(=S)N(c3cccc(Cl)c3)C2=O)cc(I)c1OCc1cccc2ccccc12. The van der Waals surface area contributed by atoms with Gasteiger partial charge in [-0.3, -0.25) is 19.8 Å². The van der Waals surface area contributed by atoms with Gasteiger partial charge in [-0.05, 0) is 100 Å². The molecule has 1 saturated heterocycles. The first kappa shape index (κ1) is 27.1. The van der Waals surface area contributed by atoms with Gasteiger partial charge in [0.15, 0.2) is 16.6 Å². The van der Waals surface area contributed by atoms with E-state index in [2.05, 4.69) is 46.1 Å². The molecule has 0 aromatic heterocycles. The van der Waals surface area contributed by atoms with Crippen molar-refractivity contribution in [3.8, 4) is 11.5 Å². The number of halogens is 2. The molecule has 1 aliphatic rings. The van der Waals surface area contributed by atoms with Gasteiger partial charge < -0.3 is 9.47 Å². The Labute approximate surface area is 249 Å². The minimum Gasteiger partial charge on any atom is -0.490 e. The fourth-order valence-corrected chi connectivity index (χ4v) is 5.56. The summed E-state index contributed by atoms with van der Waals surface area (Å²) < 4.78 is 12.9. The number of thiocarbonyl (C=S) groups is 1. The number of carbonyl (C=O) groups excluding carboxylic acids is 2. The third kappa shape index (κ3) is 5.78. The summed E-state index contributed by atoms with van der Waals surface area (Å²) in [6.07, 6.45) is 1.52. The highest BCUT2D eigenvalue weighted by molar-refractivity contribution is 14.1. The van der Waals surface area contributed by atoms with Crippen LogP contribution in [0.25, 0.3) is 16.8 Å². The smallest absolute Gasteiger partial charge is 0.270 e. The number of nitrogens with zero attached hydrogens (tertiary/aromatic N) is 1. The van der Waals surface area contributed by atoms with E-state index in [9.17, 15) is 9.59 Å². The summed E-state index contributed by atoms with van der Waals surface area (Å²) in [7, 11) is 0. The lowest BCUT2D eigenvalue weighted by atomic mass is 10.1. The Hall–Kier alpha value is -3.47. The maximum absolute atomic E-state index is 13.4. The number of nitrogens with one attached hydrogen (secondary N) is 1. The molecule has 0 saturated carbocycles. The molecule has 1 aliphatic heterocycles. The second-order valence-electron chi connectivity index (χ2n) is 8.63. The molecule has 0 bridgehead atoms. The zero-order valence-corrected chi connectivity index (χ0v) is 24.5. The molecule has 0 spiro atoms. The van der Waals surface area contributed by atoms with Crippen molar-refractivity contribution in [1.29, 1.82) is 0 Å². The molecule has 0 atom stereocenters. The van der Waals surface area contributed by atoms with Crippen LogP contribution in [0.2, 0.25) is 5.02 Å². The maximum atomic E-state index is 13.4. The van der Waals surface area contributed by atoms with E-state index in [4.69, 9.17) is 33.3 Å². The molecule has 6 nitrogen and oxygen atoms in total. The number of ether oxygens (including phenoxy) is 2. The normalized spacial score (nSPS) is 14.6. The van der Waals surface area contributed by atoms with Crippen molar-refractivity contribution in [1.82, 2.24) is 5.32 Å². The predicted octanol–water partition coefficient (Wildman–Crippen LogP) is 6.91. The molecule has 4 aromatic rings. The predicted molar refractivity (Wildman–Crippen MR) is 166 cm³/mol. The van der Waals surface area contributed by atoms with E-state index >= 15 is 0 Å². The summed E-state index contributed by atoms with van der Waals surface area (Å²) in [6, 6.07) is 24.6. The van der Waals surface area contributed by atoms with Gasteiger partial charge in [0, 0.05) is 5.02 Å². The minimum atomic E-state index is -0.576.